The van der Waals surface area contributed by atoms with Gasteiger partial charge in [0.05, 0.1) is 17.5 Å². The first-order valence-electron chi connectivity index (χ1n) is 17.5. The van der Waals surface area contributed by atoms with Crippen molar-refractivity contribution in [3.63, 3.8) is 0 Å². The minimum atomic E-state index is -3.90. The Labute approximate surface area is 312 Å². The van der Waals surface area contributed by atoms with E-state index in [0.29, 0.717) is 76.4 Å². The van der Waals surface area contributed by atoms with Crippen LogP contribution in [0.5, 0.6) is 0 Å². The van der Waals surface area contributed by atoms with Gasteiger partial charge in [0.15, 0.2) is 11.2 Å². The molecule has 280 valence electrons. The standard InChI is InChI=1S/C40H40FN5O7S/c1-40(2,3)53-39(48)45-18-15-24(16-19-45)23-46(54(5,49)50)31-22-33-30(34(37(47)42-4)35(51-33)25-11-13-28(41)14-12-25)21-29(31)26-8-6-9-27(20-26)38-44-36-32(52-38)10-7-17-43-36/h6-14,17,20-22,24H,15-16,18-19,23H2,1-5H3,(H,42,47). The minimum absolute atomic E-state index is 0.0895. The molecule has 3 aromatic carbocycles. The van der Waals surface area contributed by atoms with Gasteiger partial charge < -0.3 is 23.8 Å². The summed E-state index contributed by atoms with van der Waals surface area (Å²) in [5.41, 5.74) is 3.37. The van der Waals surface area contributed by atoms with Crippen LogP contribution in [0, 0.1) is 11.7 Å². The van der Waals surface area contributed by atoms with E-state index in [1.54, 1.807) is 35.4 Å². The van der Waals surface area contributed by atoms with Crippen molar-refractivity contribution in [1.82, 2.24) is 20.2 Å². The van der Waals surface area contributed by atoms with Crippen LogP contribution in [0.2, 0.25) is 0 Å². The number of piperidine rings is 1. The van der Waals surface area contributed by atoms with Gasteiger partial charge in [0.25, 0.3) is 5.91 Å². The number of nitrogens with zero attached hydrogens (tertiary/aromatic N) is 4. The monoisotopic (exact) mass is 753 g/mol. The van der Waals surface area contributed by atoms with Crippen molar-refractivity contribution < 1.29 is 36.0 Å². The summed E-state index contributed by atoms with van der Waals surface area (Å²) in [6.07, 6.45) is 3.49. The highest BCUT2D eigenvalue weighted by molar-refractivity contribution is 7.92. The fourth-order valence-corrected chi connectivity index (χ4v) is 7.70. The van der Waals surface area contributed by atoms with Gasteiger partial charge in [-0.3, -0.25) is 9.10 Å². The molecule has 0 saturated carbocycles. The highest BCUT2D eigenvalue weighted by Crippen LogP contribution is 2.43. The van der Waals surface area contributed by atoms with E-state index in [-0.39, 0.29) is 29.4 Å². The molecule has 6 aromatic rings. The zero-order chi connectivity index (χ0) is 38.4. The Balaban J connectivity index is 1.36. The quantitative estimate of drug-likeness (QED) is 0.164. The number of furan rings is 1. The van der Waals surface area contributed by atoms with Crippen LogP contribution >= 0.6 is 0 Å². The number of halogens is 1. The number of hydrogen-bond acceptors (Lipinski definition) is 9. The van der Waals surface area contributed by atoms with Crippen molar-refractivity contribution >= 4 is 49.9 Å². The highest BCUT2D eigenvalue weighted by atomic mass is 32.2. The summed E-state index contributed by atoms with van der Waals surface area (Å²) in [4.78, 5) is 36.8. The molecule has 3 aromatic heterocycles. The van der Waals surface area contributed by atoms with Gasteiger partial charge in [0.1, 0.15) is 22.8 Å². The molecule has 0 unspecified atom stereocenters. The molecule has 0 atom stereocenters. The lowest BCUT2D eigenvalue weighted by molar-refractivity contribution is 0.0187. The van der Waals surface area contributed by atoms with Crippen LogP contribution in [0.15, 0.2) is 87.8 Å². The Bertz CT molecular complexity index is 2450. The summed E-state index contributed by atoms with van der Waals surface area (Å²) in [5, 5.41) is 3.11. The molecule has 1 N–H and O–H groups in total. The maximum Gasteiger partial charge on any atom is 0.410 e. The molecule has 0 radical (unpaired) electrons. The number of pyridine rings is 1. The van der Waals surface area contributed by atoms with E-state index >= 15 is 0 Å². The SMILES string of the molecule is CNC(=O)c1c(-c2ccc(F)cc2)oc2cc(N(CC3CCN(C(=O)OC(C)(C)C)CC3)S(C)(=O)=O)c(-c3cccc(-c4nc5ncccc5o4)c3)cc12. The second kappa shape index (κ2) is 14.2. The lowest BCUT2D eigenvalue weighted by Gasteiger charge is -2.36. The number of benzene rings is 3. The minimum Gasteiger partial charge on any atom is -0.455 e. The molecular formula is C40H40FN5O7S. The molecule has 4 heterocycles. The molecule has 1 aliphatic heterocycles. The number of sulfonamides is 1. The maximum absolute atomic E-state index is 13.9. The van der Waals surface area contributed by atoms with Crippen molar-refractivity contribution in [2.24, 2.45) is 5.92 Å². The number of carbonyl (C=O) groups excluding carboxylic acids is 2. The van der Waals surface area contributed by atoms with Gasteiger partial charge in [-0.15, -0.1) is 0 Å². The van der Waals surface area contributed by atoms with Crippen LogP contribution in [-0.4, -0.2) is 73.8 Å². The Morgan fingerprint density at radius 1 is 0.963 bits per heavy atom. The Morgan fingerprint density at radius 3 is 2.35 bits per heavy atom. The summed E-state index contributed by atoms with van der Waals surface area (Å²) in [5.74, 6) is -0.431. The number of likely N-dealkylation sites (tertiary alicyclic amines) is 1. The molecule has 2 amide bonds. The molecule has 0 spiro atoms. The molecule has 12 nitrogen and oxygen atoms in total. The number of ether oxygens (including phenoxy) is 1. The zero-order valence-electron chi connectivity index (χ0n) is 30.6. The first-order chi connectivity index (χ1) is 25.7. The molecular weight excluding hydrogens is 714 g/mol. The molecule has 1 fully saturated rings. The lowest BCUT2D eigenvalue weighted by atomic mass is 9.95. The number of amides is 2. The number of aromatic nitrogens is 2. The van der Waals surface area contributed by atoms with Gasteiger partial charge in [-0.25, -0.2) is 22.6 Å². The predicted molar refractivity (Wildman–Crippen MR) is 204 cm³/mol. The Hall–Kier alpha value is -5.76. The van der Waals surface area contributed by atoms with Gasteiger partial charge in [0, 0.05) is 61.0 Å². The van der Waals surface area contributed by atoms with E-state index in [1.165, 1.54) is 35.6 Å². The van der Waals surface area contributed by atoms with E-state index in [4.69, 9.17) is 13.6 Å². The maximum atomic E-state index is 13.9. The van der Waals surface area contributed by atoms with Crippen molar-refractivity contribution in [2.75, 3.05) is 37.2 Å². The second-order valence-electron chi connectivity index (χ2n) is 14.4. The molecule has 0 aliphatic carbocycles. The molecule has 1 aliphatic rings. The van der Waals surface area contributed by atoms with Gasteiger partial charge in [-0.1, -0.05) is 12.1 Å². The van der Waals surface area contributed by atoms with Crippen LogP contribution in [0.25, 0.3) is 56.1 Å². The topological polar surface area (TPSA) is 148 Å². The second-order valence-corrected chi connectivity index (χ2v) is 16.3. The summed E-state index contributed by atoms with van der Waals surface area (Å²) in [6, 6.07) is 19.8. The van der Waals surface area contributed by atoms with Gasteiger partial charge in [-0.2, -0.15) is 4.98 Å². The molecule has 54 heavy (non-hydrogen) atoms. The first kappa shape index (κ1) is 36.6. The van der Waals surface area contributed by atoms with Crippen LogP contribution in [0.4, 0.5) is 14.9 Å². The van der Waals surface area contributed by atoms with Crippen LogP contribution in [0.3, 0.4) is 0 Å². The van der Waals surface area contributed by atoms with Crippen LogP contribution in [-0.2, 0) is 14.8 Å². The van der Waals surface area contributed by atoms with E-state index < -0.39 is 33.4 Å². The van der Waals surface area contributed by atoms with Crippen molar-refractivity contribution in [2.45, 2.75) is 39.2 Å². The van der Waals surface area contributed by atoms with Crippen molar-refractivity contribution in [1.29, 1.82) is 0 Å². The first-order valence-corrected chi connectivity index (χ1v) is 19.4. The van der Waals surface area contributed by atoms with Crippen LogP contribution < -0.4 is 9.62 Å². The number of fused-ring (bicyclic) bond motifs is 2. The van der Waals surface area contributed by atoms with Gasteiger partial charge in [-0.05, 0) is 99.7 Å². The van der Waals surface area contributed by atoms with Crippen molar-refractivity contribution in [3.05, 3.63) is 90.4 Å². The molecule has 7 rings (SSSR count). The number of hydrogen-bond donors (Lipinski definition) is 1. The summed E-state index contributed by atoms with van der Waals surface area (Å²) < 4.78 is 60.8. The average Bonchev–Trinajstić information content (AvgIpc) is 3.74. The van der Waals surface area contributed by atoms with Crippen LogP contribution in [0.1, 0.15) is 44.0 Å². The van der Waals surface area contributed by atoms with E-state index in [9.17, 15) is 22.4 Å². The third-order valence-electron chi connectivity index (χ3n) is 9.31. The summed E-state index contributed by atoms with van der Waals surface area (Å²) >= 11 is 0. The molecule has 1 saturated heterocycles. The summed E-state index contributed by atoms with van der Waals surface area (Å²) in [6.45, 7) is 6.41. The van der Waals surface area contributed by atoms with E-state index in [1.807, 2.05) is 45.0 Å². The summed E-state index contributed by atoms with van der Waals surface area (Å²) in [7, 11) is -2.40. The predicted octanol–water partition coefficient (Wildman–Crippen LogP) is 7.88. The largest absolute Gasteiger partial charge is 0.455 e. The fraction of sp³-hybridized carbons (Fsp3) is 0.300. The third kappa shape index (κ3) is 7.51. The lowest BCUT2D eigenvalue weighted by Crippen LogP contribution is -2.44. The molecule has 14 heteroatoms. The van der Waals surface area contributed by atoms with Gasteiger partial charge in [0.2, 0.25) is 15.9 Å². The Morgan fingerprint density at radius 2 is 1.69 bits per heavy atom. The van der Waals surface area contributed by atoms with E-state index in [0.717, 1.165) is 6.26 Å². The molecule has 0 bridgehead atoms. The Kier molecular flexibility index (Phi) is 9.65. The van der Waals surface area contributed by atoms with Gasteiger partial charge >= 0.3 is 6.09 Å². The highest BCUT2D eigenvalue weighted by Gasteiger charge is 2.32. The zero-order valence-corrected chi connectivity index (χ0v) is 31.4. The average molecular weight is 754 g/mol. The normalized spacial score (nSPS) is 14.1. The van der Waals surface area contributed by atoms with E-state index in [2.05, 4.69) is 15.3 Å². The number of carbonyl (C=O) groups is 2. The van der Waals surface area contributed by atoms with Crippen molar-refractivity contribution in [3.8, 4) is 33.9 Å². The number of nitrogens with one attached hydrogen (secondary N) is 1. The third-order valence-corrected chi connectivity index (χ3v) is 10.5. The number of anilines is 1. The fourth-order valence-electron chi connectivity index (χ4n) is 6.71. The number of oxazole rings is 1. The smallest absolute Gasteiger partial charge is 0.410 e. The number of rotatable bonds is 8.